The molecule has 0 spiro atoms. The number of piperidine rings is 1. The van der Waals surface area contributed by atoms with E-state index in [9.17, 15) is 0 Å². The normalized spacial score (nSPS) is 21.7. The molecule has 2 N–H and O–H groups in total. The zero-order valence-corrected chi connectivity index (χ0v) is 12.0. The average Bonchev–Trinajstić information content (AvgIpc) is 2.34. The van der Waals surface area contributed by atoms with Gasteiger partial charge in [0.25, 0.3) is 0 Å². The summed E-state index contributed by atoms with van der Waals surface area (Å²) in [5, 5.41) is 0. The predicted molar refractivity (Wildman–Crippen MR) is 75.8 cm³/mol. The SMILES string of the molecule is CC1CCCCN1Cc1ccc(CN)cc1Br. The molecule has 17 heavy (non-hydrogen) atoms. The third kappa shape index (κ3) is 3.30. The second-order valence-electron chi connectivity index (χ2n) is 4.95. The fourth-order valence-corrected chi connectivity index (χ4v) is 3.01. The molecule has 2 nitrogen and oxygen atoms in total. The van der Waals surface area contributed by atoms with E-state index < -0.39 is 0 Å². The van der Waals surface area contributed by atoms with Gasteiger partial charge in [0.2, 0.25) is 0 Å². The van der Waals surface area contributed by atoms with Crippen LogP contribution in [0.25, 0.3) is 0 Å². The monoisotopic (exact) mass is 296 g/mol. The van der Waals surface area contributed by atoms with Crippen LogP contribution in [0.3, 0.4) is 0 Å². The summed E-state index contributed by atoms with van der Waals surface area (Å²) in [6.07, 6.45) is 4.05. The Bertz CT molecular complexity index is 378. The van der Waals surface area contributed by atoms with Gasteiger partial charge >= 0.3 is 0 Å². The Labute approximate surface area is 112 Å². The molecule has 1 heterocycles. The number of rotatable bonds is 3. The minimum absolute atomic E-state index is 0.610. The molecular weight excluding hydrogens is 276 g/mol. The highest BCUT2D eigenvalue weighted by Crippen LogP contribution is 2.24. The molecule has 0 amide bonds. The van der Waals surface area contributed by atoms with Crippen LogP contribution in [-0.2, 0) is 13.1 Å². The van der Waals surface area contributed by atoms with E-state index in [4.69, 9.17) is 5.73 Å². The maximum atomic E-state index is 5.64. The molecule has 0 bridgehead atoms. The van der Waals surface area contributed by atoms with Gasteiger partial charge in [-0.3, -0.25) is 4.90 Å². The predicted octanol–water partition coefficient (Wildman–Crippen LogP) is 3.28. The van der Waals surface area contributed by atoms with Gasteiger partial charge < -0.3 is 5.73 Å². The lowest BCUT2D eigenvalue weighted by Gasteiger charge is -2.33. The molecule has 94 valence electrons. The van der Waals surface area contributed by atoms with Crippen LogP contribution in [0.5, 0.6) is 0 Å². The second-order valence-corrected chi connectivity index (χ2v) is 5.80. The van der Waals surface area contributed by atoms with Crippen molar-refractivity contribution in [2.45, 2.75) is 45.3 Å². The lowest BCUT2D eigenvalue weighted by molar-refractivity contribution is 0.152. The van der Waals surface area contributed by atoms with Crippen molar-refractivity contribution >= 4 is 15.9 Å². The summed E-state index contributed by atoms with van der Waals surface area (Å²) in [5.74, 6) is 0. The summed E-state index contributed by atoms with van der Waals surface area (Å²) in [6, 6.07) is 7.19. The van der Waals surface area contributed by atoms with Crippen molar-refractivity contribution in [2.24, 2.45) is 5.73 Å². The number of nitrogens with two attached hydrogens (primary N) is 1. The van der Waals surface area contributed by atoms with E-state index in [0.29, 0.717) is 12.6 Å². The molecule has 0 saturated carbocycles. The lowest BCUT2D eigenvalue weighted by Crippen LogP contribution is -2.36. The first-order valence-electron chi connectivity index (χ1n) is 6.42. The Balaban J connectivity index is 2.07. The van der Waals surface area contributed by atoms with Crippen LogP contribution in [0.2, 0.25) is 0 Å². The molecule has 1 fully saturated rings. The maximum Gasteiger partial charge on any atom is 0.0247 e. The minimum atomic E-state index is 0.610. The zero-order chi connectivity index (χ0) is 12.3. The molecule has 1 aliphatic heterocycles. The molecular formula is C14H21BrN2. The van der Waals surface area contributed by atoms with Gasteiger partial charge in [0.1, 0.15) is 0 Å². The minimum Gasteiger partial charge on any atom is -0.326 e. The van der Waals surface area contributed by atoms with Crippen LogP contribution in [0.4, 0.5) is 0 Å². The van der Waals surface area contributed by atoms with E-state index in [1.165, 1.54) is 41.4 Å². The van der Waals surface area contributed by atoms with Crippen LogP contribution >= 0.6 is 15.9 Å². The molecule has 1 atom stereocenters. The molecule has 2 rings (SSSR count). The van der Waals surface area contributed by atoms with Crippen LogP contribution in [0, 0.1) is 0 Å². The van der Waals surface area contributed by atoms with Gasteiger partial charge in [-0.2, -0.15) is 0 Å². The molecule has 1 saturated heterocycles. The van der Waals surface area contributed by atoms with Gasteiger partial charge in [0.05, 0.1) is 0 Å². The Morgan fingerprint density at radius 2 is 2.24 bits per heavy atom. The Morgan fingerprint density at radius 3 is 2.88 bits per heavy atom. The number of halogens is 1. The maximum absolute atomic E-state index is 5.64. The fraction of sp³-hybridized carbons (Fsp3) is 0.571. The van der Waals surface area contributed by atoms with Crippen molar-refractivity contribution in [1.82, 2.24) is 4.90 Å². The second kappa shape index (κ2) is 5.98. The third-order valence-corrected chi connectivity index (χ3v) is 4.41. The first kappa shape index (κ1) is 13.1. The number of hydrogen-bond donors (Lipinski definition) is 1. The first-order chi connectivity index (χ1) is 8.20. The topological polar surface area (TPSA) is 29.3 Å². The standard InChI is InChI=1S/C14H21BrN2/c1-11-4-2-3-7-17(11)10-13-6-5-12(9-16)8-14(13)15/h5-6,8,11H,2-4,7,9-10,16H2,1H3. The molecule has 1 aromatic rings. The van der Waals surface area contributed by atoms with Gasteiger partial charge in [-0.05, 0) is 43.5 Å². The summed E-state index contributed by atoms with van der Waals surface area (Å²) in [5.41, 5.74) is 8.20. The Hall–Kier alpha value is -0.380. The van der Waals surface area contributed by atoms with Crippen molar-refractivity contribution in [3.05, 3.63) is 33.8 Å². The van der Waals surface area contributed by atoms with Gasteiger partial charge in [-0.25, -0.2) is 0 Å². The molecule has 0 radical (unpaired) electrons. The number of nitrogens with zero attached hydrogens (tertiary/aromatic N) is 1. The quantitative estimate of drug-likeness (QED) is 0.927. The third-order valence-electron chi connectivity index (χ3n) is 3.67. The first-order valence-corrected chi connectivity index (χ1v) is 7.21. The van der Waals surface area contributed by atoms with E-state index in [0.717, 1.165) is 6.54 Å². The van der Waals surface area contributed by atoms with E-state index in [1.807, 2.05) is 0 Å². The van der Waals surface area contributed by atoms with Gasteiger partial charge in [-0.15, -0.1) is 0 Å². The van der Waals surface area contributed by atoms with Crippen molar-refractivity contribution < 1.29 is 0 Å². The van der Waals surface area contributed by atoms with Crippen molar-refractivity contribution in [3.63, 3.8) is 0 Å². The van der Waals surface area contributed by atoms with E-state index in [-0.39, 0.29) is 0 Å². The molecule has 3 heteroatoms. The molecule has 1 aliphatic rings. The fourth-order valence-electron chi connectivity index (χ4n) is 2.46. The van der Waals surface area contributed by atoms with Crippen LogP contribution in [0.1, 0.15) is 37.3 Å². The van der Waals surface area contributed by atoms with Crippen LogP contribution in [0.15, 0.2) is 22.7 Å². The summed E-state index contributed by atoms with van der Waals surface area (Å²) in [6.45, 7) is 5.22. The molecule has 1 aromatic carbocycles. The molecule has 1 unspecified atom stereocenters. The van der Waals surface area contributed by atoms with Gasteiger partial charge in [-0.1, -0.05) is 34.5 Å². The van der Waals surface area contributed by atoms with Gasteiger partial charge in [0.15, 0.2) is 0 Å². The van der Waals surface area contributed by atoms with Crippen molar-refractivity contribution in [3.8, 4) is 0 Å². The number of likely N-dealkylation sites (tertiary alicyclic amines) is 1. The average molecular weight is 297 g/mol. The van der Waals surface area contributed by atoms with E-state index in [1.54, 1.807) is 0 Å². The van der Waals surface area contributed by atoms with Crippen molar-refractivity contribution in [1.29, 1.82) is 0 Å². The van der Waals surface area contributed by atoms with E-state index in [2.05, 4.69) is 46.0 Å². The number of hydrogen-bond acceptors (Lipinski definition) is 2. The summed E-state index contributed by atoms with van der Waals surface area (Å²) >= 11 is 3.65. The highest BCUT2D eigenvalue weighted by molar-refractivity contribution is 9.10. The smallest absolute Gasteiger partial charge is 0.0247 e. The summed E-state index contributed by atoms with van der Waals surface area (Å²) in [4.78, 5) is 2.58. The lowest BCUT2D eigenvalue weighted by atomic mass is 10.0. The van der Waals surface area contributed by atoms with Gasteiger partial charge in [0, 0.05) is 23.6 Å². The highest BCUT2D eigenvalue weighted by atomic mass is 79.9. The summed E-state index contributed by atoms with van der Waals surface area (Å²) < 4.78 is 1.19. The summed E-state index contributed by atoms with van der Waals surface area (Å²) in [7, 11) is 0. The Morgan fingerprint density at radius 1 is 1.41 bits per heavy atom. The highest BCUT2D eigenvalue weighted by Gasteiger charge is 2.18. The zero-order valence-electron chi connectivity index (χ0n) is 10.5. The van der Waals surface area contributed by atoms with Crippen molar-refractivity contribution in [2.75, 3.05) is 6.54 Å². The molecule has 0 aromatic heterocycles. The van der Waals surface area contributed by atoms with Crippen LogP contribution < -0.4 is 5.73 Å². The molecule has 0 aliphatic carbocycles. The number of benzene rings is 1. The Kier molecular flexibility index (Phi) is 4.60. The largest absolute Gasteiger partial charge is 0.326 e. The van der Waals surface area contributed by atoms with Crippen LogP contribution in [-0.4, -0.2) is 17.5 Å². The van der Waals surface area contributed by atoms with E-state index >= 15 is 0 Å².